The Morgan fingerprint density at radius 2 is 1.08 bits per heavy atom. The maximum absolute atomic E-state index is 13.0. The van der Waals surface area contributed by atoms with Gasteiger partial charge in [0.1, 0.15) is 5.75 Å². The molecule has 0 atom stereocenters. The maximum atomic E-state index is 13.0. The van der Waals surface area contributed by atoms with Crippen LogP contribution >= 0.6 is 0 Å². The molecule has 0 bridgehead atoms. The summed E-state index contributed by atoms with van der Waals surface area (Å²) in [5.74, 6) is -1.49. The summed E-state index contributed by atoms with van der Waals surface area (Å²) < 4.78 is 56.1. The fourth-order valence-electron chi connectivity index (χ4n) is 10.8. The highest BCUT2D eigenvalue weighted by Gasteiger charge is 2.39. The second-order valence-corrected chi connectivity index (χ2v) is 25.8. The molecule has 0 radical (unpaired) electrons. The minimum absolute atomic E-state index is 0.0388. The van der Waals surface area contributed by atoms with Crippen LogP contribution in [0.5, 0.6) is 5.75 Å². The minimum Gasteiger partial charge on any atom is -0.480 e. The number of nitrogens with one attached hydrogen (secondary N) is 3. The van der Waals surface area contributed by atoms with Crippen molar-refractivity contribution in [1.82, 2.24) is 39.6 Å². The molecular formula is C56H77N13O13S2. The second kappa shape index (κ2) is 27.8. The monoisotopic (exact) mass is 1200 g/mol. The molecule has 2 aromatic heterocycles. The van der Waals surface area contributed by atoms with Crippen molar-refractivity contribution in [2.45, 2.75) is 103 Å². The number of aliphatic carboxylic acids is 2. The first-order valence-corrected chi connectivity index (χ1v) is 31.6. The Kier molecular flexibility index (Phi) is 21.2. The topological polar surface area (TPSA) is 317 Å². The van der Waals surface area contributed by atoms with Crippen molar-refractivity contribution in [2.24, 2.45) is 0 Å². The van der Waals surface area contributed by atoms with Crippen LogP contribution in [0.1, 0.15) is 87.5 Å². The number of likely N-dealkylation sites (tertiary alicyclic amines) is 1. The molecule has 4 saturated heterocycles. The number of anilines is 4. The van der Waals surface area contributed by atoms with Crippen LogP contribution in [0.3, 0.4) is 0 Å². The van der Waals surface area contributed by atoms with E-state index in [1.165, 1.54) is 89.7 Å². The number of nitrogens with zero attached hydrogens (tertiary/aromatic N) is 10. The predicted molar refractivity (Wildman–Crippen MR) is 318 cm³/mol. The molecule has 4 aliphatic rings. The molecule has 4 aliphatic heterocycles. The fourth-order valence-corrected chi connectivity index (χ4v) is 11.8. The van der Waals surface area contributed by atoms with Crippen molar-refractivity contribution >= 4 is 72.8 Å². The average Bonchev–Trinajstić information content (AvgIpc) is 3.15. The number of carboxylic acid groups (broad SMARTS) is 2. The first-order chi connectivity index (χ1) is 39.7. The number of non-ortho nitro benzene ring substituents is 1. The van der Waals surface area contributed by atoms with Gasteiger partial charge >= 0.3 is 24.1 Å². The smallest absolute Gasteiger partial charge is 0.440 e. The van der Waals surface area contributed by atoms with E-state index in [0.29, 0.717) is 39.0 Å². The van der Waals surface area contributed by atoms with Gasteiger partial charge in [-0.05, 0) is 139 Å². The van der Waals surface area contributed by atoms with Gasteiger partial charge in [0.25, 0.3) is 5.69 Å². The van der Waals surface area contributed by atoms with Crippen molar-refractivity contribution < 1.29 is 55.9 Å². The van der Waals surface area contributed by atoms with Crippen LogP contribution in [0.15, 0.2) is 85.2 Å². The van der Waals surface area contributed by atoms with Gasteiger partial charge in [0.2, 0.25) is 20.0 Å². The standard InChI is InChI=1S/C25H36N6O5S.C20H31N3O2.C11H10N4O6S/c1-19-6-7-20(21(16-19)28-11-4-5-12-28)17-30(18-23(32)33)25(2)9-14-29(15-10-25)24(34)31-13-8-22(26-31)27-37(3,35)36;1-16-5-6-17(18(13-16)22-11-3-4-12-22)14-23(15-19(24)25)20(2)7-9-21-10-8-20;1-22(19,20)13-10-6-7-14(12-10)11(16)21-9-4-2-8(3-5-9)15(17)18/h6-8,13,16H,4-5,9-12,14-15,17-18H2,1-3H3,(H,26,27)(H,32,33);5-6,13,21H,3-4,7-12,14-15H2,1-2H3,(H,24,25);2-7H,1H3,(H,12,13). The number of benzene rings is 3. The van der Waals surface area contributed by atoms with Gasteiger partial charge in [0.05, 0.1) is 30.5 Å². The lowest BCUT2D eigenvalue weighted by Crippen LogP contribution is -2.56. The molecule has 6 heterocycles. The minimum atomic E-state index is -3.50. The molecule has 28 heteroatoms. The van der Waals surface area contributed by atoms with Gasteiger partial charge in [-0.2, -0.15) is 9.36 Å². The van der Waals surface area contributed by atoms with E-state index in [4.69, 9.17) is 4.74 Å². The van der Waals surface area contributed by atoms with E-state index >= 15 is 0 Å². The average molecular weight is 1200 g/mol. The van der Waals surface area contributed by atoms with Crippen molar-refractivity contribution in [3.05, 3.63) is 118 Å². The molecule has 84 heavy (non-hydrogen) atoms. The number of carbonyl (C=O) groups excluding carboxylic acids is 2. The van der Waals surface area contributed by atoms with E-state index in [9.17, 15) is 56.3 Å². The van der Waals surface area contributed by atoms with Gasteiger partial charge in [0, 0.05) is 111 Å². The number of aromatic nitrogens is 4. The third-order valence-corrected chi connectivity index (χ3v) is 16.6. The number of sulfonamides is 2. The van der Waals surface area contributed by atoms with Gasteiger partial charge in [-0.3, -0.25) is 38.9 Å². The highest BCUT2D eigenvalue weighted by atomic mass is 32.2. The zero-order chi connectivity index (χ0) is 61.0. The summed E-state index contributed by atoms with van der Waals surface area (Å²) in [6.45, 7) is 16.8. The normalized spacial score (nSPS) is 16.7. The Labute approximate surface area is 490 Å². The largest absolute Gasteiger partial charge is 0.480 e. The highest BCUT2D eigenvalue weighted by Crippen LogP contribution is 2.35. The molecule has 456 valence electrons. The summed E-state index contributed by atoms with van der Waals surface area (Å²) >= 11 is 0. The van der Waals surface area contributed by atoms with Crippen LogP contribution < -0.4 is 29.3 Å². The first kappa shape index (κ1) is 63.9. The van der Waals surface area contributed by atoms with Crippen LogP contribution in [0, 0.1) is 24.0 Å². The van der Waals surface area contributed by atoms with E-state index in [1.54, 1.807) is 4.90 Å². The number of amides is 1. The van der Waals surface area contributed by atoms with Gasteiger partial charge in [0.15, 0.2) is 11.6 Å². The molecule has 0 spiro atoms. The number of ether oxygens (including phenoxy) is 1. The van der Waals surface area contributed by atoms with Gasteiger partial charge in [-0.1, -0.05) is 24.3 Å². The van der Waals surface area contributed by atoms with Crippen LogP contribution in [0.25, 0.3) is 0 Å². The zero-order valence-electron chi connectivity index (χ0n) is 48.4. The quantitative estimate of drug-likeness (QED) is 0.0467. The molecule has 26 nitrogen and oxygen atoms in total. The number of carbonyl (C=O) groups is 4. The number of hydrogen-bond acceptors (Lipinski definition) is 18. The molecule has 5 aromatic rings. The Morgan fingerprint density at radius 3 is 1.51 bits per heavy atom. The van der Waals surface area contributed by atoms with Crippen LogP contribution in [0.4, 0.5) is 38.3 Å². The van der Waals surface area contributed by atoms with Crippen LogP contribution in [-0.2, 0) is 42.7 Å². The molecule has 1 amide bonds. The number of rotatable bonds is 18. The van der Waals surface area contributed by atoms with E-state index < -0.39 is 48.5 Å². The zero-order valence-corrected chi connectivity index (χ0v) is 50.0. The number of hydrogen-bond donors (Lipinski definition) is 5. The predicted octanol–water partition coefficient (Wildman–Crippen LogP) is 6.41. The first-order valence-electron chi connectivity index (χ1n) is 27.8. The summed E-state index contributed by atoms with van der Waals surface area (Å²) in [6, 6.07) is 20.2. The van der Waals surface area contributed by atoms with Crippen molar-refractivity contribution in [3.63, 3.8) is 0 Å². The summed E-state index contributed by atoms with van der Waals surface area (Å²) in [7, 11) is -7.00. The molecule has 3 aromatic carbocycles. The van der Waals surface area contributed by atoms with E-state index in [0.717, 1.165) is 92.4 Å². The lowest BCUT2D eigenvalue weighted by atomic mass is 9.87. The van der Waals surface area contributed by atoms with E-state index in [-0.39, 0.29) is 47.7 Å². The lowest BCUT2D eigenvalue weighted by Gasteiger charge is -2.46. The van der Waals surface area contributed by atoms with Crippen LogP contribution in [0.2, 0.25) is 0 Å². The Bertz CT molecular complexity index is 3350. The van der Waals surface area contributed by atoms with Crippen molar-refractivity contribution in [1.29, 1.82) is 0 Å². The molecule has 0 aliphatic carbocycles. The maximum Gasteiger partial charge on any atom is 0.440 e. The summed E-state index contributed by atoms with van der Waals surface area (Å²) in [6.07, 6.45) is 11.7. The lowest BCUT2D eigenvalue weighted by molar-refractivity contribution is -0.384. The molecule has 0 unspecified atom stereocenters. The molecule has 0 saturated carbocycles. The van der Waals surface area contributed by atoms with Crippen molar-refractivity contribution in [2.75, 3.05) is 97.2 Å². The Morgan fingerprint density at radius 1 is 0.655 bits per heavy atom. The number of carboxylic acids is 2. The molecule has 4 fully saturated rings. The molecular weight excluding hydrogens is 1130 g/mol. The molecule has 5 N–H and O–H groups in total. The van der Waals surface area contributed by atoms with Crippen LogP contribution in [-0.4, -0.2) is 179 Å². The third kappa shape index (κ3) is 18.2. The third-order valence-electron chi connectivity index (χ3n) is 15.5. The number of nitro benzene ring substituents is 1. The van der Waals surface area contributed by atoms with Gasteiger partial charge in [-0.25, -0.2) is 26.4 Å². The van der Waals surface area contributed by atoms with E-state index in [1.807, 2.05) is 4.90 Å². The highest BCUT2D eigenvalue weighted by molar-refractivity contribution is 7.92. The number of nitro groups is 1. The summed E-state index contributed by atoms with van der Waals surface area (Å²) in [4.78, 5) is 68.8. The van der Waals surface area contributed by atoms with Crippen molar-refractivity contribution in [3.8, 4) is 5.75 Å². The number of aryl methyl sites for hydroxylation is 2. The second-order valence-electron chi connectivity index (χ2n) is 22.3. The Balaban J connectivity index is 0.000000189. The van der Waals surface area contributed by atoms with Gasteiger partial charge < -0.3 is 35.0 Å². The summed E-state index contributed by atoms with van der Waals surface area (Å²) in [5, 5.41) is 40.8. The molecule has 9 rings (SSSR count). The number of piperidine rings is 2. The van der Waals surface area contributed by atoms with E-state index in [2.05, 4.69) is 104 Å². The SMILES string of the molecule is CS(=O)(=O)Nc1ccn(C(=O)Oc2ccc([N+](=O)[O-])cc2)n1.Cc1ccc(CN(CC(=O)O)C2(C)CCN(C(=O)n3ccc(NS(C)(=O)=O)n3)CC2)c(N2CCCC2)c1.Cc1ccc(CN(CC(=O)O)C2(C)CCNCC2)c(N2CCCC2)c1. The Hall–Kier alpha value is -7.66. The van der Waals surface area contributed by atoms with Gasteiger partial charge in [-0.15, -0.1) is 10.2 Å². The fraction of sp³-hybridized carbons (Fsp3) is 0.500. The summed E-state index contributed by atoms with van der Waals surface area (Å²) in [5.41, 5.74) is 6.70.